The number of hydrogen-bond acceptors (Lipinski definition) is 4. The maximum atomic E-state index is 12.9. The van der Waals surface area contributed by atoms with Crippen LogP contribution in [0.4, 0.5) is 5.69 Å². The van der Waals surface area contributed by atoms with Crippen LogP contribution in [-0.4, -0.2) is 56.7 Å². The van der Waals surface area contributed by atoms with E-state index in [0.29, 0.717) is 35.5 Å². The summed E-state index contributed by atoms with van der Waals surface area (Å²) in [4.78, 5) is 17.5. The molecule has 0 aliphatic carbocycles. The third-order valence-electron chi connectivity index (χ3n) is 5.89. The summed E-state index contributed by atoms with van der Waals surface area (Å²) < 4.78 is 5.81. The topological polar surface area (TPSA) is 44.8 Å². The predicted octanol–water partition coefficient (Wildman–Crippen LogP) is 3.61. The minimum absolute atomic E-state index is 0.117. The molecule has 1 amide bonds. The van der Waals surface area contributed by atoms with Crippen molar-refractivity contribution in [3.05, 3.63) is 58.6 Å². The highest BCUT2D eigenvalue weighted by molar-refractivity contribution is 6.31. The van der Waals surface area contributed by atoms with Gasteiger partial charge in [0.05, 0.1) is 17.8 Å². The first-order valence-corrected chi connectivity index (χ1v) is 10.7. The Kier molecular flexibility index (Phi) is 6.26. The lowest BCUT2D eigenvalue weighted by Gasteiger charge is -2.29. The molecule has 29 heavy (non-hydrogen) atoms. The number of fused-ring (bicyclic) bond motifs is 1. The monoisotopic (exact) mass is 413 g/mol. The molecule has 2 aliphatic rings. The molecule has 0 spiro atoms. The van der Waals surface area contributed by atoms with Crippen molar-refractivity contribution in [2.75, 3.05) is 44.7 Å². The molecule has 1 N–H and O–H groups in total. The number of halogens is 1. The molecule has 5 nitrogen and oxygen atoms in total. The van der Waals surface area contributed by atoms with Gasteiger partial charge in [-0.2, -0.15) is 0 Å². The molecule has 1 saturated heterocycles. The quantitative estimate of drug-likeness (QED) is 0.785. The van der Waals surface area contributed by atoms with Gasteiger partial charge in [-0.15, -0.1) is 0 Å². The van der Waals surface area contributed by atoms with Crippen LogP contribution in [0, 0.1) is 0 Å². The molecule has 1 unspecified atom stereocenters. The van der Waals surface area contributed by atoms with Crippen LogP contribution >= 0.6 is 11.6 Å². The lowest BCUT2D eigenvalue weighted by Crippen LogP contribution is -2.41. The van der Waals surface area contributed by atoms with Crippen LogP contribution in [0.15, 0.2) is 42.5 Å². The second-order valence-electron chi connectivity index (χ2n) is 7.85. The van der Waals surface area contributed by atoms with Gasteiger partial charge >= 0.3 is 0 Å². The fraction of sp³-hybridized carbons (Fsp3) is 0.435. The highest BCUT2D eigenvalue weighted by Crippen LogP contribution is 2.37. The van der Waals surface area contributed by atoms with Gasteiger partial charge in [0.15, 0.2) is 5.75 Å². The van der Waals surface area contributed by atoms with Crippen molar-refractivity contribution in [2.24, 2.45) is 0 Å². The molecular weight excluding hydrogens is 386 g/mol. The van der Waals surface area contributed by atoms with E-state index in [0.717, 1.165) is 38.2 Å². The standard InChI is InChI=1S/C23H28ClN3O2/c1-26-12-13-29-22-20(14-18(24)15-21(22)26)23(28)25-16-19-8-5-10-27(19)11-9-17-6-3-2-4-7-17/h2-4,6-7,14-15,19H,5,8-13,16H2,1H3,(H,25,28). The van der Waals surface area contributed by atoms with Crippen molar-refractivity contribution in [1.82, 2.24) is 10.2 Å². The average molecular weight is 414 g/mol. The molecule has 0 bridgehead atoms. The zero-order chi connectivity index (χ0) is 20.2. The normalized spacial score (nSPS) is 19.0. The van der Waals surface area contributed by atoms with Gasteiger partial charge in [-0.1, -0.05) is 41.9 Å². The summed E-state index contributed by atoms with van der Waals surface area (Å²) in [7, 11) is 1.99. The first kappa shape index (κ1) is 20.0. The molecular formula is C23H28ClN3O2. The molecule has 2 aliphatic heterocycles. The minimum atomic E-state index is -0.117. The van der Waals surface area contributed by atoms with Gasteiger partial charge in [0.1, 0.15) is 6.61 Å². The number of carbonyl (C=O) groups excluding carboxylic acids is 1. The number of likely N-dealkylation sites (tertiary alicyclic amines) is 1. The largest absolute Gasteiger partial charge is 0.489 e. The highest BCUT2D eigenvalue weighted by Gasteiger charge is 2.27. The Hall–Kier alpha value is -2.24. The minimum Gasteiger partial charge on any atom is -0.489 e. The van der Waals surface area contributed by atoms with E-state index in [1.54, 1.807) is 6.07 Å². The summed E-state index contributed by atoms with van der Waals surface area (Å²) in [6.45, 7) is 4.11. The molecule has 2 aromatic carbocycles. The van der Waals surface area contributed by atoms with Crippen LogP contribution < -0.4 is 15.0 Å². The Balaban J connectivity index is 1.38. The summed E-state index contributed by atoms with van der Waals surface area (Å²) in [5, 5.41) is 3.68. The van der Waals surface area contributed by atoms with Gasteiger partial charge < -0.3 is 15.0 Å². The van der Waals surface area contributed by atoms with E-state index in [9.17, 15) is 4.79 Å². The third kappa shape index (κ3) is 4.68. The molecule has 2 aromatic rings. The molecule has 154 valence electrons. The fourth-order valence-electron chi connectivity index (χ4n) is 4.23. The maximum absolute atomic E-state index is 12.9. The highest BCUT2D eigenvalue weighted by atomic mass is 35.5. The molecule has 1 atom stereocenters. The Labute approximate surface area is 177 Å². The zero-order valence-electron chi connectivity index (χ0n) is 16.9. The molecule has 1 fully saturated rings. The van der Waals surface area contributed by atoms with Crippen molar-refractivity contribution in [2.45, 2.75) is 25.3 Å². The number of amides is 1. The SMILES string of the molecule is CN1CCOc2c(C(=O)NCC3CCCN3CCc3ccccc3)cc(Cl)cc21. The average Bonchev–Trinajstić information content (AvgIpc) is 3.19. The second kappa shape index (κ2) is 9.06. The van der Waals surface area contributed by atoms with Crippen molar-refractivity contribution < 1.29 is 9.53 Å². The summed E-state index contributed by atoms with van der Waals surface area (Å²) >= 11 is 6.27. The van der Waals surface area contributed by atoms with Crippen molar-refractivity contribution in [3.8, 4) is 5.75 Å². The lowest BCUT2D eigenvalue weighted by molar-refractivity contribution is 0.0936. The molecule has 6 heteroatoms. The number of carbonyl (C=O) groups is 1. The van der Waals surface area contributed by atoms with E-state index in [1.165, 1.54) is 12.0 Å². The van der Waals surface area contributed by atoms with Crippen molar-refractivity contribution >= 4 is 23.2 Å². The molecule has 0 radical (unpaired) electrons. The van der Waals surface area contributed by atoms with Crippen LogP contribution in [0.1, 0.15) is 28.8 Å². The van der Waals surface area contributed by atoms with E-state index >= 15 is 0 Å². The molecule has 0 aromatic heterocycles. The van der Waals surface area contributed by atoms with E-state index in [1.807, 2.05) is 19.2 Å². The Morgan fingerprint density at radius 1 is 1.24 bits per heavy atom. The van der Waals surface area contributed by atoms with Crippen LogP contribution in [0.5, 0.6) is 5.75 Å². The summed E-state index contributed by atoms with van der Waals surface area (Å²) in [6, 6.07) is 14.5. The fourth-order valence-corrected chi connectivity index (χ4v) is 4.44. The zero-order valence-corrected chi connectivity index (χ0v) is 17.6. The number of anilines is 1. The van der Waals surface area contributed by atoms with E-state index in [-0.39, 0.29) is 5.91 Å². The van der Waals surface area contributed by atoms with Crippen molar-refractivity contribution in [1.29, 1.82) is 0 Å². The third-order valence-corrected chi connectivity index (χ3v) is 6.11. The number of hydrogen-bond donors (Lipinski definition) is 1. The number of nitrogens with one attached hydrogen (secondary N) is 1. The predicted molar refractivity (Wildman–Crippen MR) is 117 cm³/mol. The van der Waals surface area contributed by atoms with Gasteiger partial charge in [-0.25, -0.2) is 0 Å². The van der Waals surface area contributed by atoms with E-state index in [2.05, 4.69) is 39.4 Å². The Morgan fingerprint density at radius 3 is 2.90 bits per heavy atom. The molecule has 0 saturated carbocycles. The van der Waals surface area contributed by atoms with Crippen LogP contribution in [0.2, 0.25) is 5.02 Å². The lowest BCUT2D eigenvalue weighted by atomic mass is 10.1. The first-order chi connectivity index (χ1) is 14.1. The number of benzene rings is 2. The van der Waals surface area contributed by atoms with Gasteiger partial charge in [0, 0.05) is 31.2 Å². The van der Waals surface area contributed by atoms with Crippen molar-refractivity contribution in [3.63, 3.8) is 0 Å². The summed E-state index contributed by atoms with van der Waals surface area (Å²) in [6.07, 6.45) is 3.32. The molecule has 2 heterocycles. The summed E-state index contributed by atoms with van der Waals surface area (Å²) in [5.41, 5.74) is 2.75. The van der Waals surface area contributed by atoms with Crippen LogP contribution in [0.3, 0.4) is 0 Å². The van der Waals surface area contributed by atoms with E-state index in [4.69, 9.17) is 16.3 Å². The van der Waals surface area contributed by atoms with Crippen LogP contribution in [0.25, 0.3) is 0 Å². The van der Waals surface area contributed by atoms with E-state index < -0.39 is 0 Å². The van der Waals surface area contributed by atoms with Gasteiger partial charge in [0.25, 0.3) is 5.91 Å². The van der Waals surface area contributed by atoms with Gasteiger partial charge in [-0.3, -0.25) is 9.69 Å². The van der Waals surface area contributed by atoms with Gasteiger partial charge in [0.2, 0.25) is 0 Å². The smallest absolute Gasteiger partial charge is 0.255 e. The number of rotatable bonds is 6. The van der Waals surface area contributed by atoms with Crippen LogP contribution in [-0.2, 0) is 6.42 Å². The summed E-state index contributed by atoms with van der Waals surface area (Å²) in [5.74, 6) is 0.516. The maximum Gasteiger partial charge on any atom is 0.255 e. The first-order valence-electron chi connectivity index (χ1n) is 10.4. The second-order valence-corrected chi connectivity index (χ2v) is 8.29. The number of nitrogens with zero attached hydrogens (tertiary/aromatic N) is 2. The molecule has 4 rings (SSSR count). The Morgan fingerprint density at radius 2 is 2.07 bits per heavy atom. The number of likely N-dealkylation sites (N-methyl/N-ethyl adjacent to an activating group) is 1. The number of ether oxygens (including phenoxy) is 1. The van der Waals surface area contributed by atoms with Gasteiger partial charge in [-0.05, 0) is 43.5 Å². The Bertz CT molecular complexity index is 859.